The second-order valence-corrected chi connectivity index (χ2v) is 4.68. The lowest BCUT2D eigenvalue weighted by Gasteiger charge is -2.25. The molecule has 2 fully saturated rings. The first-order chi connectivity index (χ1) is 9.21. The molecule has 6 nitrogen and oxygen atoms in total. The van der Waals surface area contributed by atoms with Crippen molar-refractivity contribution >= 4 is 11.9 Å². The van der Waals surface area contributed by atoms with Gasteiger partial charge in [0.25, 0.3) is 5.91 Å². The summed E-state index contributed by atoms with van der Waals surface area (Å²) in [7, 11) is 0. The van der Waals surface area contributed by atoms with Crippen LogP contribution in [0.15, 0.2) is 30.3 Å². The lowest BCUT2D eigenvalue weighted by molar-refractivity contribution is -0.128. The zero-order chi connectivity index (χ0) is 13.3. The molecule has 0 radical (unpaired) electrons. The first-order valence-electron chi connectivity index (χ1n) is 6.07. The van der Waals surface area contributed by atoms with Crippen molar-refractivity contribution in [1.82, 2.24) is 10.6 Å². The third-order valence-electron chi connectivity index (χ3n) is 3.41. The second-order valence-electron chi connectivity index (χ2n) is 4.68. The molecule has 2 saturated heterocycles. The minimum atomic E-state index is -1.08. The molecule has 1 spiro atoms. The first-order valence-corrected chi connectivity index (χ1v) is 6.07. The molecule has 2 heterocycles. The van der Waals surface area contributed by atoms with Crippen LogP contribution in [-0.2, 0) is 20.9 Å². The van der Waals surface area contributed by atoms with Gasteiger partial charge in [0.15, 0.2) is 5.54 Å². The lowest BCUT2D eigenvalue weighted by atomic mass is 9.96. The average molecular weight is 262 g/mol. The van der Waals surface area contributed by atoms with Gasteiger partial charge in [0.1, 0.15) is 6.10 Å². The highest BCUT2D eigenvalue weighted by Crippen LogP contribution is 2.26. The summed E-state index contributed by atoms with van der Waals surface area (Å²) in [5, 5.41) is 4.84. The highest BCUT2D eigenvalue weighted by Gasteiger charge is 2.56. The predicted octanol–water partition coefficient (Wildman–Crippen LogP) is 0.180. The Kier molecular flexibility index (Phi) is 2.96. The summed E-state index contributed by atoms with van der Waals surface area (Å²) >= 11 is 0. The number of rotatable bonds is 3. The molecular formula is C13H14N2O4. The van der Waals surface area contributed by atoms with E-state index < -0.39 is 17.7 Å². The summed E-state index contributed by atoms with van der Waals surface area (Å²) in [4.78, 5) is 23.2. The Hall–Kier alpha value is -1.92. The summed E-state index contributed by atoms with van der Waals surface area (Å²) in [6.45, 7) is 0.810. The van der Waals surface area contributed by atoms with Crippen molar-refractivity contribution < 1.29 is 19.1 Å². The maximum atomic E-state index is 11.9. The third-order valence-corrected chi connectivity index (χ3v) is 3.41. The summed E-state index contributed by atoms with van der Waals surface area (Å²) in [6.07, 6.45) is -0.473. The first kappa shape index (κ1) is 12.1. The molecule has 3 rings (SSSR count). The normalized spacial score (nSPS) is 29.6. The maximum absolute atomic E-state index is 11.9. The van der Waals surface area contributed by atoms with Crippen LogP contribution in [0.25, 0.3) is 0 Å². The fourth-order valence-corrected chi connectivity index (χ4v) is 2.36. The minimum Gasteiger partial charge on any atom is -0.376 e. The molecule has 0 unspecified atom stereocenters. The Morgan fingerprint density at radius 1 is 1.32 bits per heavy atom. The van der Waals surface area contributed by atoms with Gasteiger partial charge in [-0.3, -0.25) is 10.1 Å². The zero-order valence-corrected chi connectivity index (χ0v) is 10.2. The molecule has 3 amide bonds. The van der Waals surface area contributed by atoms with Crippen LogP contribution in [0.2, 0.25) is 0 Å². The molecular weight excluding hydrogens is 248 g/mol. The lowest BCUT2D eigenvalue weighted by Crippen LogP contribution is -2.56. The molecule has 2 aliphatic rings. The van der Waals surface area contributed by atoms with E-state index in [9.17, 15) is 9.59 Å². The summed E-state index contributed by atoms with van der Waals surface area (Å²) in [6, 6.07) is 9.15. The van der Waals surface area contributed by atoms with E-state index in [0.29, 0.717) is 13.2 Å². The van der Waals surface area contributed by atoms with Crippen molar-refractivity contribution in [3.8, 4) is 0 Å². The van der Waals surface area contributed by atoms with Crippen LogP contribution in [0, 0.1) is 0 Å². The van der Waals surface area contributed by atoms with Gasteiger partial charge in [-0.1, -0.05) is 30.3 Å². The van der Waals surface area contributed by atoms with E-state index in [1.54, 1.807) is 0 Å². The number of amides is 3. The van der Waals surface area contributed by atoms with Gasteiger partial charge < -0.3 is 14.8 Å². The fourth-order valence-electron chi connectivity index (χ4n) is 2.36. The number of urea groups is 1. The molecule has 2 atom stereocenters. The van der Waals surface area contributed by atoms with Crippen molar-refractivity contribution in [2.24, 2.45) is 0 Å². The zero-order valence-electron chi connectivity index (χ0n) is 10.2. The molecule has 1 aromatic carbocycles. The van der Waals surface area contributed by atoms with E-state index in [1.165, 1.54) is 0 Å². The molecule has 19 heavy (non-hydrogen) atoms. The predicted molar refractivity (Wildman–Crippen MR) is 65.2 cm³/mol. The van der Waals surface area contributed by atoms with Crippen molar-refractivity contribution in [3.63, 3.8) is 0 Å². The number of hydrogen-bond donors (Lipinski definition) is 2. The molecule has 0 aliphatic carbocycles. The standard InChI is InChI=1S/C13H14N2O4/c16-11-13(15-12(17)14-11)8-18-7-10(13)19-6-9-4-2-1-3-5-9/h1-5,10H,6-8H2,(H2,14,15,16,17)/t10-,13+/m0/s1. The topological polar surface area (TPSA) is 76.7 Å². The van der Waals surface area contributed by atoms with Gasteiger partial charge in [0.2, 0.25) is 0 Å². The van der Waals surface area contributed by atoms with Crippen LogP contribution in [-0.4, -0.2) is 36.8 Å². The van der Waals surface area contributed by atoms with Crippen molar-refractivity contribution in [3.05, 3.63) is 35.9 Å². The molecule has 2 aliphatic heterocycles. The van der Waals surface area contributed by atoms with Gasteiger partial charge in [-0.15, -0.1) is 0 Å². The largest absolute Gasteiger partial charge is 0.376 e. The van der Waals surface area contributed by atoms with Crippen molar-refractivity contribution in [2.45, 2.75) is 18.2 Å². The van der Waals surface area contributed by atoms with Crippen LogP contribution in [0.4, 0.5) is 4.79 Å². The Labute approximate surface area is 110 Å². The van der Waals surface area contributed by atoms with Crippen molar-refractivity contribution in [2.75, 3.05) is 13.2 Å². The SMILES string of the molecule is O=C1NC(=O)[C@]2(COC[C@@H]2OCc2ccccc2)N1. The van der Waals surface area contributed by atoms with Crippen LogP contribution >= 0.6 is 0 Å². The number of ether oxygens (including phenoxy) is 2. The number of benzene rings is 1. The summed E-state index contributed by atoms with van der Waals surface area (Å²) in [5.41, 5.74) is -0.0689. The van der Waals surface area contributed by atoms with Crippen molar-refractivity contribution in [1.29, 1.82) is 0 Å². The smallest absolute Gasteiger partial charge is 0.322 e. The van der Waals surface area contributed by atoms with E-state index in [1.807, 2.05) is 30.3 Å². The quantitative estimate of drug-likeness (QED) is 0.762. The van der Waals surface area contributed by atoms with Crippen LogP contribution < -0.4 is 10.6 Å². The molecule has 0 aromatic heterocycles. The van der Waals surface area contributed by atoms with Gasteiger partial charge in [0, 0.05) is 0 Å². The number of carbonyl (C=O) groups excluding carboxylic acids is 2. The van der Waals surface area contributed by atoms with Gasteiger partial charge in [-0.2, -0.15) is 0 Å². The minimum absolute atomic E-state index is 0.143. The number of carbonyl (C=O) groups is 2. The van der Waals surface area contributed by atoms with E-state index in [-0.39, 0.29) is 12.5 Å². The number of hydrogen-bond acceptors (Lipinski definition) is 4. The van der Waals surface area contributed by atoms with Gasteiger partial charge in [-0.25, -0.2) is 4.79 Å². The van der Waals surface area contributed by atoms with Gasteiger partial charge in [0.05, 0.1) is 19.8 Å². The Bertz CT molecular complexity index is 505. The molecule has 2 N–H and O–H groups in total. The number of imide groups is 1. The third kappa shape index (κ3) is 2.09. The molecule has 1 aromatic rings. The molecule has 0 saturated carbocycles. The average Bonchev–Trinajstić information content (AvgIpc) is 2.93. The van der Waals surface area contributed by atoms with E-state index >= 15 is 0 Å². The highest BCUT2D eigenvalue weighted by molar-refractivity contribution is 6.07. The van der Waals surface area contributed by atoms with E-state index in [4.69, 9.17) is 9.47 Å². The second kappa shape index (κ2) is 4.64. The van der Waals surface area contributed by atoms with Crippen LogP contribution in [0.5, 0.6) is 0 Å². The maximum Gasteiger partial charge on any atom is 0.322 e. The summed E-state index contributed by atoms with van der Waals surface area (Å²) in [5.74, 6) is -0.381. The monoisotopic (exact) mass is 262 g/mol. The Morgan fingerprint density at radius 2 is 2.11 bits per heavy atom. The highest BCUT2D eigenvalue weighted by atomic mass is 16.6. The van der Waals surface area contributed by atoms with Crippen LogP contribution in [0.1, 0.15) is 5.56 Å². The van der Waals surface area contributed by atoms with Gasteiger partial charge in [-0.05, 0) is 5.56 Å². The Balaban J connectivity index is 1.71. The summed E-state index contributed by atoms with van der Waals surface area (Å²) < 4.78 is 11.0. The Morgan fingerprint density at radius 3 is 2.79 bits per heavy atom. The van der Waals surface area contributed by atoms with E-state index in [2.05, 4.69) is 10.6 Å². The van der Waals surface area contributed by atoms with Crippen LogP contribution in [0.3, 0.4) is 0 Å². The van der Waals surface area contributed by atoms with E-state index in [0.717, 1.165) is 5.56 Å². The molecule has 100 valence electrons. The molecule has 0 bridgehead atoms. The molecule has 6 heteroatoms. The van der Waals surface area contributed by atoms with Gasteiger partial charge >= 0.3 is 6.03 Å². The number of nitrogens with one attached hydrogen (secondary N) is 2. The fraction of sp³-hybridized carbons (Fsp3) is 0.385.